The van der Waals surface area contributed by atoms with Crippen molar-refractivity contribution in [2.24, 2.45) is 0 Å². The van der Waals surface area contributed by atoms with E-state index in [1.54, 1.807) is 12.4 Å². The average molecular weight is 686 g/mol. The van der Waals surface area contributed by atoms with Crippen LogP contribution >= 0.6 is 11.3 Å². The highest BCUT2D eigenvalue weighted by atomic mass is 32.1. The van der Waals surface area contributed by atoms with E-state index in [9.17, 15) is 0 Å². The third-order valence-corrected chi connectivity index (χ3v) is 11.0. The quantitative estimate of drug-likeness (QED) is 0.189. The molecule has 0 amide bonds. The van der Waals surface area contributed by atoms with Gasteiger partial charge in [0.1, 0.15) is 0 Å². The van der Waals surface area contributed by atoms with Crippen LogP contribution in [0.3, 0.4) is 0 Å². The molecule has 1 aliphatic heterocycles. The van der Waals surface area contributed by atoms with Crippen LogP contribution < -0.4 is 5.32 Å². The average Bonchev–Trinajstić information content (AvgIpc) is 3.78. The minimum Gasteiger partial charge on any atom is -0.387 e. The molecule has 5 heterocycles. The highest BCUT2D eigenvalue weighted by Crippen LogP contribution is 2.49. The van der Waals surface area contributed by atoms with Crippen molar-refractivity contribution in [2.75, 3.05) is 6.54 Å². The smallest absolute Gasteiger partial charge is 0.160 e. The summed E-state index contributed by atoms with van der Waals surface area (Å²) in [5, 5.41) is 7.03. The van der Waals surface area contributed by atoms with Gasteiger partial charge in [-0.05, 0) is 71.4 Å². The van der Waals surface area contributed by atoms with Gasteiger partial charge < -0.3 is 9.88 Å². The standard InChI is InChI=1S/C46H31N5S/c1-3-10-32(11-4-1)42-37-18-19-41-43(45(37)52-44(42)33-12-5-2-6-13-33)36-16-7-8-17-40(36)51(41)35-15-9-14-34(28-35)46-49-38(30-20-24-47-25-21-30)29-39(50-46)31-22-26-48-27-23-31/h1-26,28-29,48H,27H2. The zero-order chi connectivity index (χ0) is 34.4. The van der Waals surface area contributed by atoms with Crippen molar-refractivity contribution in [2.45, 2.75) is 0 Å². The molecule has 1 aliphatic rings. The molecule has 5 nitrogen and oxygen atoms in total. The van der Waals surface area contributed by atoms with Crippen molar-refractivity contribution in [3.05, 3.63) is 176 Å². The molecule has 246 valence electrons. The predicted octanol–water partition coefficient (Wildman–Crippen LogP) is 11.4. The zero-order valence-corrected chi connectivity index (χ0v) is 28.9. The Hall–Kier alpha value is -6.63. The van der Waals surface area contributed by atoms with Crippen molar-refractivity contribution in [3.63, 3.8) is 0 Å². The lowest BCUT2D eigenvalue weighted by molar-refractivity contribution is 0.973. The van der Waals surface area contributed by atoms with Crippen molar-refractivity contribution in [1.29, 1.82) is 0 Å². The number of thiophene rings is 1. The first kappa shape index (κ1) is 30.2. The lowest BCUT2D eigenvalue weighted by Crippen LogP contribution is -2.09. The first-order valence-electron chi connectivity index (χ1n) is 17.4. The fraction of sp³-hybridized carbons (Fsp3) is 0.0217. The molecular weight excluding hydrogens is 655 g/mol. The number of dihydropyridines is 1. The zero-order valence-electron chi connectivity index (χ0n) is 28.1. The molecule has 0 spiro atoms. The molecule has 0 saturated heterocycles. The molecule has 1 N–H and O–H groups in total. The lowest BCUT2D eigenvalue weighted by atomic mass is 9.98. The molecule has 0 atom stereocenters. The van der Waals surface area contributed by atoms with Crippen LogP contribution in [-0.2, 0) is 0 Å². The first-order chi connectivity index (χ1) is 25.8. The van der Waals surface area contributed by atoms with Crippen LogP contribution in [0.15, 0.2) is 170 Å². The second-order valence-corrected chi connectivity index (χ2v) is 13.9. The minimum atomic E-state index is 0.681. The molecule has 0 saturated carbocycles. The third-order valence-electron chi connectivity index (χ3n) is 9.77. The Bertz CT molecular complexity index is 2830. The van der Waals surface area contributed by atoms with E-state index in [2.05, 4.69) is 154 Å². The second-order valence-electron chi connectivity index (χ2n) is 12.9. The highest BCUT2D eigenvalue weighted by molar-refractivity contribution is 7.24. The number of benzene rings is 5. The summed E-state index contributed by atoms with van der Waals surface area (Å²) in [6.07, 6.45) is 9.81. The van der Waals surface area contributed by atoms with Gasteiger partial charge in [-0.25, -0.2) is 9.97 Å². The van der Waals surface area contributed by atoms with Gasteiger partial charge in [-0.15, -0.1) is 11.3 Å². The largest absolute Gasteiger partial charge is 0.387 e. The van der Waals surface area contributed by atoms with Crippen molar-refractivity contribution in [3.8, 4) is 49.9 Å². The van der Waals surface area contributed by atoms with Gasteiger partial charge in [0.15, 0.2) is 5.82 Å². The Kier molecular flexibility index (Phi) is 7.32. The summed E-state index contributed by atoms with van der Waals surface area (Å²) >= 11 is 1.89. The van der Waals surface area contributed by atoms with Crippen LogP contribution in [0, 0.1) is 0 Å². The van der Waals surface area contributed by atoms with Gasteiger partial charge in [-0.2, -0.15) is 0 Å². The molecule has 0 aliphatic carbocycles. The summed E-state index contributed by atoms with van der Waals surface area (Å²) in [5.74, 6) is 0.681. The van der Waals surface area contributed by atoms with Gasteiger partial charge in [0, 0.05) is 67.1 Å². The number of allylic oxidation sites excluding steroid dienone is 2. The minimum absolute atomic E-state index is 0.681. The number of nitrogens with zero attached hydrogens (tertiary/aromatic N) is 4. The summed E-state index contributed by atoms with van der Waals surface area (Å²) in [5.41, 5.74) is 11.9. The van der Waals surface area contributed by atoms with Gasteiger partial charge in [-0.1, -0.05) is 103 Å². The molecule has 6 heteroatoms. The number of nitrogens with one attached hydrogen (secondary N) is 1. The van der Waals surface area contributed by atoms with Crippen LogP contribution in [0.1, 0.15) is 5.69 Å². The summed E-state index contributed by atoms with van der Waals surface area (Å²) in [4.78, 5) is 15.8. The van der Waals surface area contributed by atoms with Crippen molar-refractivity contribution >= 4 is 48.8 Å². The Labute approximate surface area is 304 Å². The normalized spacial score (nSPS) is 12.7. The van der Waals surface area contributed by atoms with Crippen molar-refractivity contribution < 1.29 is 0 Å². The molecule has 0 radical (unpaired) electrons. The SMILES string of the molecule is C1=CC(c2cc(-c3ccncc3)nc(-c3cccc(-n4c5ccccc5c5c6sc(-c7ccccc7)c(-c7ccccc7)c6ccc54)c3)n2)=CCN1. The summed E-state index contributed by atoms with van der Waals surface area (Å²) in [6, 6.07) is 49.6. The number of para-hydroxylation sites is 1. The maximum atomic E-state index is 5.13. The molecule has 4 aromatic heterocycles. The number of aromatic nitrogens is 4. The van der Waals surface area contributed by atoms with E-state index in [0.717, 1.165) is 45.8 Å². The third kappa shape index (κ3) is 5.12. The molecule has 10 rings (SSSR count). The van der Waals surface area contributed by atoms with Crippen LogP contribution in [0.2, 0.25) is 0 Å². The van der Waals surface area contributed by atoms with Gasteiger partial charge in [0.05, 0.1) is 22.4 Å². The number of hydrogen-bond acceptors (Lipinski definition) is 5. The van der Waals surface area contributed by atoms with Crippen LogP contribution in [0.5, 0.6) is 0 Å². The molecule has 52 heavy (non-hydrogen) atoms. The van der Waals surface area contributed by atoms with Gasteiger partial charge >= 0.3 is 0 Å². The maximum Gasteiger partial charge on any atom is 0.160 e. The highest BCUT2D eigenvalue weighted by Gasteiger charge is 2.22. The topological polar surface area (TPSA) is 55.6 Å². The molecule has 0 bridgehead atoms. The molecule has 5 aromatic carbocycles. The van der Waals surface area contributed by atoms with E-state index < -0.39 is 0 Å². The number of rotatable bonds is 6. The monoisotopic (exact) mass is 685 g/mol. The van der Waals surface area contributed by atoms with Gasteiger partial charge in [-0.3, -0.25) is 4.98 Å². The van der Waals surface area contributed by atoms with E-state index in [0.29, 0.717) is 5.82 Å². The maximum absolute atomic E-state index is 5.13. The Morgan fingerprint density at radius 2 is 1.35 bits per heavy atom. The van der Waals surface area contributed by atoms with Crippen molar-refractivity contribution in [1.82, 2.24) is 24.8 Å². The Balaban J connectivity index is 1.19. The van der Waals surface area contributed by atoms with E-state index >= 15 is 0 Å². The Morgan fingerprint density at radius 1 is 0.596 bits per heavy atom. The predicted molar refractivity (Wildman–Crippen MR) is 216 cm³/mol. The van der Waals surface area contributed by atoms with Crippen LogP contribution in [-0.4, -0.2) is 26.1 Å². The molecule has 0 fully saturated rings. The van der Waals surface area contributed by atoms with Crippen LogP contribution in [0.25, 0.3) is 87.4 Å². The van der Waals surface area contributed by atoms with E-state index in [-0.39, 0.29) is 0 Å². The lowest BCUT2D eigenvalue weighted by Gasteiger charge is -2.13. The second kappa shape index (κ2) is 12.6. The fourth-order valence-electron chi connectivity index (χ4n) is 7.39. The number of hydrogen-bond donors (Lipinski definition) is 1. The Morgan fingerprint density at radius 3 is 2.15 bits per heavy atom. The van der Waals surface area contributed by atoms with Crippen LogP contribution in [0.4, 0.5) is 0 Å². The fourth-order valence-corrected chi connectivity index (χ4v) is 8.78. The molecule has 9 aromatic rings. The summed E-state index contributed by atoms with van der Waals surface area (Å²) < 4.78 is 3.69. The summed E-state index contributed by atoms with van der Waals surface area (Å²) in [6.45, 7) is 0.760. The number of fused-ring (bicyclic) bond motifs is 5. The van der Waals surface area contributed by atoms with E-state index in [1.165, 1.54) is 47.9 Å². The van der Waals surface area contributed by atoms with E-state index in [1.807, 2.05) is 29.7 Å². The molecular formula is C46H31N5S. The first-order valence-corrected chi connectivity index (χ1v) is 18.2. The van der Waals surface area contributed by atoms with Gasteiger partial charge in [0.25, 0.3) is 0 Å². The number of pyridine rings is 1. The van der Waals surface area contributed by atoms with E-state index in [4.69, 9.17) is 9.97 Å². The summed E-state index contributed by atoms with van der Waals surface area (Å²) in [7, 11) is 0. The van der Waals surface area contributed by atoms with Gasteiger partial charge in [0.2, 0.25) is 0 Å². The molecule has 0 unspecified atom stereocenters.